The maximum atomic E-state index is 6.01. The van der Waals surface area contributed by atoms with Gasteiger partial charge in [0.2, 0.25) is 0 Å². The summed E-state index contributed by atoms with van der Waals surface area (Å²) >= 11 is 0. The van der Waals surface area contributed by atoms with Gasteiger partial charge in [0.25, 0.3) is 0 Å². The van der Waals surface area contributed by atoms with Crippen molar-refractivity contribution in [2.45, 2.75) is 13.0 Å². The summed E-state index contributed by atoms with van der Waals surface area (Å²) in [6, 6.07) is 7.40. The first-order valence-electron chi connectivity index (χ1n) is 4.49. The number of nitrogens with two attached hydrogens (primary N) is 1. The van der Waals surface area contributed by atoms with E-state index in [0.717, 1.165) is 17.1 Å². The molecule has 1 atom stereocenters. The Morgan fingerprint density at radius 3 is 2.50 bits per heavy atom. The zero-order valence-corrected chi connectivity index (χ0v) is 7.97. The number of hydrogen-bond donors (Lipinski definition) is 1. The highest BCUT2D eigenvalue weighted by Gasteiger charge is 2.11. The highest BCUT2D eigenvalue weighted by Crippen LogP contribution is 2.20. The minimum Gasteiger partial charge on any atom is -0.464 e. The van der Waals surface area contributed by atoms with Crippen molar-refractivity contribution in [1.82, 2.24) is 4.98 Å². The van der Waals surface area contributed by atoms with Crippen LogP contribution in [-0.4, -0.2) is 4.98 Å². The Balaban J connectivity index is 2.29. The fraction of sp³-hybridized carbons (Fsp3) is 0.182. The first-order valence-corrected chi connectivity index (χ1v) is 4.49. The molecule has 0 aliphatic heterocycles. The summed E-state index contributed by atoms with van der Waals surface area (Å²) < 4.78 is 5.45. The normalized spacial score (nSPS) is 12.7. The van der Waals surface area contributed by atoms with Gasteiger partial charge in [-0.15, -0.1) is 0 Å². The lowest BCUT2D eigenvalue weighted by molar-refractivity contribution is 0.466. The van der Waals surface area contributed by atoms with Gasteiger partial charge in [-0.05, 0) is 36.8 Å². The van der Waals surface area contributed by atoms with E-state index < -0.39 is 0 Å². The summed E-state index contributed by atoms with van der Waals surface area (Å²) in [6.07, 6.45) is 3.45. The first-order chi connectivity index (χ1) is 6.77. The molecule has 0 aliphatic carbocycles. The summed E-state index contributed by atoms with van der Waals surface area (Å²) in [7, 11) is 0. The van der Waals surface area contributed by atoms with Crippen LogP contribution in [0.4, 0.5) is 0 Å². The molecule has 2 rings (SSSR count). The summed E-state index contributed by atoms with van der Waals surface area (Å²) in [6.45, 7) is 1.91. The number of aromatic nitrogens is 1. The van der Waals surface area contributed by atoms with Crippen LogP contribution in [0.2, 0.25) is 0 Å². The number of furan rings is 1. The van der Waals surface area contributed by atoms with Crippen molar-refractivity contribution in [3.63, 3.8) is 0 Å². The van der Waals surface area contributed by atoms with Gasteiger partial charge < -0.3 is 10.2 Å². The number of nitrogens with zero attached hydrogens (tertiary/aromatic N) is 1. The molecule has 3 nitrogen and oxygen atoms in total. The Bertz CT molecular complexity index is 408. The lowest BCUT2D eigenvalue weighted by Gasteiger charge is -2.07. The smallest absolute Gasteiger partial charge is 0.125 e. The van der Waals surface area contributed by atoms with E-state index in [2.05, 4.69) is 4.98 Å². The zero-order chi connectivity index (χ0) is 9.97. The van der Waals surface area contributed by atoms with Crippen molar-refractivity contribution in [2.24, 2.45) is 5.73 Å². The molecule has 0 spiro atoms. The van der Waals surface area contributed by atoms with Gasteiger partial charge in [-0.3, -0.25) is 4.98 Å². The van der Waals surface area contributed by atoms with Gasteiger partial charge in [-0.25, -0.2) is 0 Å². The number of hydrogen-bond acceptors (Lipinski definition) is 3. The maximum absolute atomic E-state index is 6.01. The largest absolute Gasteiger partial charge is 0.464 e. The fourth-order valence-corrected chi connectivity index (χ4v) is 1.36. The standard InChI is InChI=1S/C11H12N2O/c1-8-2-3-10(14-8)11(12)9-4-6-13-7-5-9/h2-7,11H,12H2,1H3. The van der Waals surface area contributed by atoms with Crippen molar-refractivity contribution in [2.75, 3.05) is 0 Å². The molecule has 0 aromatic carbocycles. The Morgan fingerprint density at radius 1 is 1.21 bits per heavy atom. The van der Waals surface area contributed by atoms with Gasteiger partial charge in [-0.2, -0.15) is 0 Å². The van der Waals surface area contributed by atoms with Crippen LogP contribution in [0.3, 0.4) is 0 Å². The van der Waals surface area contributed by atoms with E-state index in [1.165, 1.54) is 0 Å². The van der Waals surface area contributed by atoms with Crippen LogP contribution in [0.5, 0.6) is 0 Å². The Morgan fingerprint density at radius 2 is 1.93 bits per heavy atom. The van der Waals surface area contributed by atoms with Gasteiger partial charge in [0.15, 0.2) is 0 Å². The molecule has 0 bridgehead atoms. The van der Waals surface area contributed by atoms with Crippen molar-refractivity contribution in [1.29, 1.82) is 0 Å². The molecule has 2 aromatic heterocycles. The second kappa shape index (κ2) is 3.64. The predicted octanol–water partition coefficient (Wildman–Crippen LogP) is 2.03. The SMILES string of the molecule is Cc1ccc(C(N)c2ccncc2)o1. The predicted molar refractivity (Wildman–Crippen MR) is 53.7 cm³/mol. The van der Waals surface area contributed by atoms with Crippen LogP contribution in [-0.2, 0) is 0 Å². The number of rotatable bonds is 2. The second-order valence-corrected chi connectivity index (χ2v) is 3.21. The lowest BCUT2D eigenvalue weighted by atomic mass is 10.1. The molecular weight excluding hydrogens is 176 g/mol. The molecule has 0 saturated heterocycles. The quantitative estimate of drug-likeness (QED) is 0.784. The fourth-order valence-electron chi connectivity index (χ4n) is 1.36. The van der Waals surface area contributed by atoms with Gasteiger partial charge in [0, 0.05) is 12.4 Å². The number of aryl methyl sites for hydroxylation is 1. The molecule has 0 aliphatic rings. The molecule has 0 radical (unpaired) electrons. The van der Waals surface area contributed by atoms with Crippen molar-refractivity contribution >= 4 is 0 Å². The monoisotopic (exact) mass is 188 g/mol. The Labute approximate surface area is 82.6 Å². The molecule has 0 saturated carbocycles. The van der Waals surface area contributed by atoms with E-state index in [-0.39, 0.29) is 6.04 Å². The number of pyridine rings is 1. The molecule has 72 valence electrons. The molecule has 1 unspecified atom stereocenters. The van der Waals surface area contributed by atoms with Crippen LogP contribution in [0.15, 0.2) is 41.1 Å². The Hall–Kier alpha value is -1.61. The minimum atomic E-state index is -0.202. The summed E-state index contributed by atoms with van der Waals surface area (Å²) in [5, 5.41) is 0. The van der Waals surface area contributed by atoms with Gasteiger partial charge >= 0.3 is 0 Å². The molecule has 0 fully saturated rings. The zero-order valence-electron chi connectivity index (χ0n) is 7.97. The minimum absolute atomic E-state index is 0.202. The average Bonchev–Trinajstić information content (AvgIpc) is 2.65. The van der Waals surface area contributed by atoms with Crippen LogP contribution < -0.4 is 5.73 Å². The third-order valence-electron chi connectivity index (χ3n) is 2.13. The summed E-state index contributed by atoms with van der Waals surface area (Å²) in [5.41, 5.74) is 7.02. The van der Waals surface area contributed by atoms with Crippen molar-refractivity contribution in [3.8, 4) is 0 Å². The molecule has 2 N–H and O–H groups in total. The Kier molecular flexibility index (Phi) is 2.33. The maximum Gasteiger partial charge on any atom is 0.125 e. The molecule has 3 heteroatoms. The molecule has 14 heavy (non-hydrogen) atoms. The average molecular weight is 188 g/mol. The van der Waals surface area contributed by atoms with E-state index in [9.17, 15) is 0 Å². The molecule has 0 amide bonds. The topological polar surface area (TPSA) is 52.0 Å². The van der Waals surface area contributed by atoms with Crippen molar-refractivity contribution in [3.05, 3.63) is 53.7 Å². The van der Waals surface area contributed by atoms with E-state index in [4.69, 9.17) is 10.2 Å². The van der Waals surface area contributed by atoms with E-state index in [1.54, 1.807) is 12.4 Å². The van der Waals surface area contributed by atoms with Gasteiger partial charge in [0.1, 0.15) is 11.5 Å². The van der Waals surface area contributed by atoms with Crippen LogP contribution >= 0.6 is 0 Å². The molecule has 2 aromatic rings. The van der Waals surface area contributed by atoms with Crippen LogP contribution in [0.1, 0.15) is 23.1 Å². The summed E-state index contributed by atoms with van der Waals surface area (Å²) in [5.74, 6) is 1.67. The van der Waals surface area contributed by atoms with Gasteiger partial charge in [0.05, 0.1) is 6.04 Å². The van der Waals surface area contributed by atoms with Crippen LogP contribution in [0.25, 0.3) is 0 Å². The molecule has 2 heterocycles. The van der Waals surface area contributed by atoms with E-state index >= 15 is 0 Å². The third-order valence-corrected chi connectivity index (χ3v) is 2.13. The van der Waals surface area contributed by atoms with Crippen LogP contribution in [0, 0.1) is 6.92 Å². The molecular formula is C11H12N2O. The van der Waals surface area contributed by atoms with E-state index in [0.29, 0.717) is 0 Å². The summed E-state index contributed by atoms with van der Waals surface area (Å²) in [4.78, 5) is 3.94. The highest BCUT2D eigenvalue weighted by atomic mass is 16.3. The lowest BCUT2D eigenvalue weighted by Crippen LogP contribution is -2.10. The first kappa shape index (κ1) is 8.97. The third kappa shape index (κ3) is 1.67. The highest BCUT2D eigenvalue weighted by molar-refractivity contribution is 5.24. The van der Waals surface area contributed by atoms with Gasteiger partial charge in [-0.1, -0.05) is 0 Å². The second-order valence-electron chi connectivity index (χ2n) is 3.21. The van der Waals surface area contributed by atoms with Crippen molar-refractivity contribution < 1.29 is 4.42 Å². The van der Waals surface area contributed by atoms with E-state index in [1.807, 2.05) is 31.2 Å².